The fraction of sp³-hybridized carbons (Fsp3) is 0.200. The molecule has 198 valence electrons. The minimum Gasteiger partial charge on any atom is -0.462 e. The molecule has 2 amide bonds. The van der Waals surface area contributed by atoms with Crippen LogP contribution in [0, 0.1) is 0 Å². The van der Waals surface area contributed by atoms with Crippen molar-refractivity contribution in [1.82, 2.24) is 4.90 Å². The summed E-state index contributed by atoms with van der Waals surface area (Å²) in [6, 6.07) is 19.2. The highest BCUT2D eigenvalue weighted by molar-refractivity contribution is 7.98. The Balaban J connectivity index is 1.49. The summed E-state index contributed by atoms with van der Waals surface area (Å²) in [4.78, 5) is 53.6. The topological polar surface area (TPSA) is 103 Å². The van der Waals surface area contributed by atoms with E-state index in [0.717, 1.165) is 4.90 Å². The molecular weight excluding hydrogens is 518 g/mol. The van der Waals surface area contributed by atoms with E-state index >= 15 is 0 Å². The zero-order chi connectivity index (χ0) is 27.5. The van der Waals surface area contributed by atoms with E-state index < -0.39 is 29.8 Å². The summed E-state index contributed by atoms with van der Waals surface area (Å²) in [5.74, 6) is -1.35. The maximum absolute atomic E-state index is 13.4. The number of imide groups is 1. The molecule has 8 nitrogen and oxygen atoms in total. The lowest BCUT2D eigenvalue weighted by Gasteiger charge is -2.24. The normalized spacial score (nSPS) is 13.4. The van der Waals surface area contributed by atoms with Gasteiger partial charge in [-0.05, 0) is 55.7 Å². The molecule has 1 atom stereocenters. The molecule has 1 aliphatic rings. The molecule has 1 aliphatic heterocycles. The smallest absolute Gasteiger partial charge is 0.342 e. The highest BCUT2D eigenvalue weighted by Crippen LogP contribution is 2.36. The zero-order valence-electron chi connectivity index (χ0n) is 21.3. The monoisotopic (exact) mass is 543 g/mol. The molecule has 0 saturated heterocycles. The van der Waals surface area contributed by atoms with E-state index in [0.29, 0.717) is 28.0 Å². The van der Waals surface area contributed by atoms with Gasteiger partial charge in [-0.2, -0.15) is 11.8 Å². The van der Waals surface area contributed by atoms with Gasteiger partial charge in [-0.15, -0.1) is 0 Å². The lowest BCUT2D eigenvalue weighted by Crippen LogP contribution is -2.47. The summed E-state index contributed by atoms with van der Waals surface area (Å²) < 4.78 is 17.0. The minimum atomic E-state index is -1.12. The quantitative estimate of drug-likeness (QED) is 0.153. The first-order valence-corrected chi connectivity index (χ1v) is 13.8. The van der Waals surface area contributed by atoms with Gasteiger partial charge in [0.15, 0.2) is 0 Å². The third-order valence-electron chi connectivity index (χ3n) is 6.40. The van der Waals surface area contributed by atoms with Crippen LogP contribution in [-0.2, 0) is 9.53 Å². The first-order valence-electron chi connectivity index (χ1n) is 12.4. The van der Waals surface area contributed by atoms with Gasteiger partial charge in [-0.3, -0.25) is 14.5 Å². The largest absolute Gasteiger partial charge is 0.462 e. The number of thioether (sulfide) groups is 1. The standard InChI is InChI=1S/C30H25NO7S/c1-3-36-30(35)25-22-17-19(13-14-24(22)38-26(25)18-9-5-4-6-10-18)37-29(34)23(15-16-39-2)31-27(32)20-11-7-8-12-21(20)28(31)33/h4-14,17,23H,3,15-16H2,1-2H3/t23-/m0/s1. The van der Waals surface area contributed by atoms with Gasteiger partial charge in [-0.25, -0.2) is 9.59 Å². The molecule has 4 aromatic rings. The van der Waals surface area contributed by atoms with Gasteiger partial charge in [0.1, 0.15) is 28.7 Å². The number of hydrogen-bond donors (Lipinski definition) is 0. The SMILES string of the molecule is CCOC(=O)c1c(-c2ccccc2)oc2ccc(OC(=O)[C@H](CCSC)N3C(=O)c4ccccc4C3=O)cc12. The number of ether oxygens (including phenoxy) is 2. The molecule has 0 N–H and O–H groups in total. The number of carbonyl (C=O) groups excluding carboxylic acids is 4. The molecule has 9 heteroatoms. The van der Waals surface area contributed by atoms with E-state index in [1.807, 2.05) is 36.6 Å². The highest BCUT2D eigenvalue weighted by Gasteiger charge is 2.43. The van der Waals surface area contributed by atoms with Crippen LogP contribution in [0.5, 0.6) is 5.75 Å². The Kier molecular flexibility index (Phi) is 7.51. The molecule has 0 fully saturated rings. The van der Waals surface area contributed by atoms with Crippen molar-refractivity contribution in [3.05, 3.63) is 89.5 Å². The Morgan fingerprint density at radius 3 is 2.26 bits per heavy atom. The van der Waals surface area contributed by atoms with E-state index in [-0.39, 0.29) is 35.5 Å². The second-order valence-electron chi connectivity index (χ2n) is 8.79. The minimum absolute atomic E-state index is 0.143. The number of carbonyl (C=O) groups is 4. The molecule has 5 rings (SSSR count). The Bertz CT molecular complexity index is 1540. The molecule has 0 saturated carbocycles. The molecule has 39 heavy (non-hydrogen) atoms. The van der Waals surface area contributed by atoms with Gasteiger partial charge in [-0.1, -0.05) is 42.5 Å². The summed E-state index contributed by atoms with van der Waals surface area (Å²) in [7, 11) is 0. The van der Waals surface area contributed by atoms with Gasteiger partial charge in [0.05, 0.1) is 17.7 Å². The van der Waals surface area contributed by atoms with Crippen LogP contribution in [0.3, 0.4) is 0 Å². The summed E-state index contributed by atoms with van der Waals surface area (Å²) in [5, 5.41) is 0.416. The first-order chi connectivity index (χ1) is 18.9. The third-order valence-corrected chi connectivity index (χ3v) is 7.04. The fourth-order valence-electron chi connectivity index (χ4n) is 4.60. The van der Waals surface area contributed by atoms with Crippen molar-refractivity contribution in [2.24, 2.45) is 0 Å². The van der Waals surface area contributed by atoms with Crippen LogP contribution in [0.2, 0.25) is 0 Å². The number of furan rings is 1. The van der Waals surface area contributed by atoms with Gasteiger partial charge < -0.3 is 13.9 Å². The maximum Gasteiger partial charge on any atom is 0.342 e. The summed E-state index contributed by atoms with van der Waals surface area (Å²) in [5.41, 5.74) is 1.85. The highest BCUT2D eigenvalue weighted by atomic mass is 32.2. The van der Waals surface area contributed by atoms with E-state index in [1.165, 1.54) is 17.8 Å². The van der Waals surface area contributed by atoms with Crippen molar-refractivity contribution in [2.45, 2.75) is 19.4 Å². The Morgan fingerprint density at radius 1 is 0.949 bits per heavy atom. The molecule has 1 aromatic heterocycles. The fourth-order valence-corrected chi connectivity index (χ4v) is 5.05. The lowest BCUT2D eigenvalue weighted by molar-refractivity contribution is -0.138. The van der Waals surface area contributed by atoms with Gasteiger partial charge in [0.25, 0.3) is 11.8 Å². The molecule has 0 aliphatic carbocycles. The summed E-state index contributed by atoms with van der Waals surface area (Å²) >= 11 is 1.49. The number of amides is 2. The van der Waals surface area contributed by atoms with Gasteiger partial charge in [0.2, 0.25) is 0 Å². The van der Waals surface area contributed by atoms with E-state index in [1.54, 1.807) is 43.3 Å². The lowest BCUT2D eigenvalue weighted by atomic mass is 10.1. The number of nitrogens with zero attached hydrogens (tertiary/aromatic N) is 1. The molecule has 0 radical (unpaired) electrons. The van der Waals surface area contributed by atoms with Crippen molar-refractivity contribution in [2.75, 3.05) is 18.6 Å². The molecule has 0 bridgehead atoms. The van der Waals surface area contributed by atoms with Crippen LogP contribution < -0.4 is 4.74 Å². The number of benzene rings is 3. The van der Waals surface area contributed by atoms with Crippen molar-refractivity contribution < 1.29 is 33.1 Å². The van der Waals surface area contributed by atoms with Crippen LogP contribution in [0.4, 0.5) is 0 Å². The van der Waals surface area contributed by atoms with E-state index in [2.05, 4.69) is 0 Å². The van der Waals surface area contributed by atoms with Gasteiger partial charge >= 0.3 is 11.9 Å². The average molecular weight is 544 g/mol. The molecule has 0 spiro atoms. The Hall–Kier alpha value is -4.37. The number of hydrogen-bond acceptors (Lipinski definition) is 8. The Labute approximate surface area is 228 Å². The third kappa shape index (κ3) is 4.93. The van der Waals surface area contributed by atoms with Crippen molar-refractivity contribution in [1.29, 1.82) is 0 Å². The number of fused-ring (bicyclic) bond motifs is 2. The van der Waals surface area contributed by atoms with Crippen LogP contribution in [0.15, 0.2) is 77.2 Å². The Morgan fingerprint density at radius 2 is 1.62 bits per heavy atom. The number of rotatable bonds is 9. The number of esters is 2. The molecular formula is C30H25NO7S. The van der Waals surface area contributed by atoms with Gasteiger partial charge in [0, 0.05) is 10.9 Å². The van der Waals surface area contributed by atoms with Crippen molar-refractivity contribution >= 4 is 46.5 Å². The molecule has 0 unspecified atom stereocenters. The first kappa shape index (κ1) is 26.2. The van der Waals surface area contributed by atoms with Crippen LogP contribution >= 0.6 is 11.8 Å². The zero-order valence-corrected chi connectivity index (χ0v) is 22.2. The molecule has 2 heterocycles. The molecule has 3 aromatic carbocycles. The second-order valence-corrected chi connectivity index (χ2v) is 9.78. The van der Waals surface area contributed by atoms with Crippen LogP contribution in [-0.4, -0.2) is 53.3 Å². The predicted molar refractivity (Wildman–Crippen MR) is 147 cm³/mol. The summed E-state index contributed by atoms with van der Waals surface area (Å²) in [6.07, 6.45) is 2.10. The maximum atomic E-state index is 13.4. The van der Waals surface area contributed by atoms with Crippen LogP contribution in [0.1, 0.15) is 44.4 Å². The van der Waals surface area contributed by atoms with Crippen LogP contribution in [0.25, 0.3) is 22.3 Å². The second kappa shape index (κ2) is 11.2. The van der Waals surface area contributed by atoms with E-state index in [9.17, 15) is 19.2 Å². The van der Waals surface area contributed by atoms with Crippen molar-refractivity contribution in [3.63, 3.8) is 0 Å². The van der Waals surface area contributed by atoms with Crippen molar-refractivity contribution in [3.8, 4) is 17.1 Å². The predicted octanol–water partition coefficient (Wildman–Crippen LogP) is 5.60. The average Bonchev–Trinajstić information content (AvgIpc) is 3.45. The van der Waals surface area contributed by atoms with E-state index in [4.69, 9.17) is 13.9 Å². The summed E-state index contributed by atoms with van der Waals surface area (Å²) in [6.45, 7) is 1.88.